The van der Waals surface area contributed by atoms with Gasteiger partial charge in [-0.1, -0.05) is 29.8 Å². The van der Waals surface area contributed by atoms with Crippen LogP contribution in [0.25, 0.3) is 17.1 Å². The number of imidazole rings is 1. The van der Waals surface area contributed by atoms with Crippen LogP contribution in [-0.4, -0.2) is 9.38 Å². The molecule has 0 saturated carbocycles. The highest BCUT2D eigenvalue weighted by molar-refractivity contribution is 9.10. The molecule has 0 saturated heterocycles. The van der Waals surface area contributed by atoms with Crippen molar-refractivity contribution in [3.8, 4) is 11.5 Å². The number of hydrogen-bond donors (Lipinski definition) is 0. The first-order valence-corrected chi connectivity index (χ1v) is 8.26. The Balaban J connectivity index is 1.89. The van der Waals surface area contributed by atoms with Crippen molar-refractivity contribution in [2.45, 2.75) is 13.3 Å². The van der Waals surface area contributed by atoms with Gasteiger partial charge in [-0.05, 0) is 52.7 Å². The average Bonchev–Trinajstić information content (AvgIpc) is 3.18. The van der Waals surface area contributed by atoms with Crippen LogP contribution < -0.4 is 0 Å². The summed E-state index contributed by atoms with van der Waals surface area (Å²) in [4.78, 5) is 4.76. The standard InChI is InChI=1S/C19H15BrN2O/c1-13-4-6-14(7-5-13)11-16-19(17-3-2-10-23-17)21-18-9-8-15(20)12-22(16)18/h2-10,12H,11H2,1H3. The van der Waals surface area contributed by atoms with Crippen molar-refractivity contribution in [1.82, 2.24) is 9.38 Å². The molecular weight excluding hydrogens is 352 g/mol. The fourth-order valence-electron chi connectivity index (χ4n) is 2.75. The number of fused-ring (bicyclic) bond motifs is 1. The van der Waals surface area contributed by atoms with Crippen molar-refractivity contribution < 1.29 is 4.42 Å². The summed E-state index contributed by atoms with van der Waals surface area (Å²) in [6.45, 7) is 2.10. The summed E-state index contributed by atoms with van der Waals surface area (Å²) < 4.78 is 8.74. The number of halogens is 1. The maximum absolute atomic E-state index is 5.59. The molecular formula is C19H15BrN2O. The van der Waals surface area contributed by atoms with Crippen LogP contribution in [0.15, 0.2) is 69.9 Å². The van der Waals surface area contributed by atoms with Gasteiger partial charge in [0.2, 0.25) is 0 Å². The van der Waals surface area contributed by atoms with Crippen LogP contribution in [0.4, 0.5) is 0 Å². The van der Waals surface area contributed by atoms with E-state index < -0.39 is 0 Å². The van der Waals surface area contributed by atoms with Crippen LogP contribution in [0, 0.1) is 6.92 Å². The van der Waals surface area contributed by atoms with E-state index in [-0.39, 0.29) is 0 Å². The van der Waals surface area contributed by atoms with Crippen molar-refractivity contribution in [1.29, 1.82) is 0 Å². The van der Waals surface area contributed by atoms with Gasteiger partial charge in [-0.15, -0.1) is 0 Å². The highest BCUT2D eigenvalue weighted by Crippen LogP contribution is 2.28. The third kappa shape index (κ3) is 2.70. The Morgan fingerprint density at radius 1 is 1.09 bits per heavy atom. The van der Waals surface area contributed by atoms with E-state index in [4.69, 9.17) is 9.40 Å². The minimum absolute atomic E-state index is 0.798. The quantitative estimate of drug-likeness (QED) is 0.495. The second-order valence-electron chi connectivity index (χ2n) is 5.62. The molecule has 0 atom stereocenters. The Morgan fingerprint density at radius 3 is 2.65 bits per heavy atom. The van der Waals surface area contributed by atoms with Crippen LogP contribution >= 0.6 is 15.9 Å². The zero-order chi connectivity index (χ0) is 15.8. The largest absolute Gasteiger partial charge is 0.463 e. The van der Waals surface area contributed by atoms with E-state index in [1.165, 1.54) is 11.1 Å². The van der Waals surface area contributed by atoms with E-state index in [1.807, 2.05) is 24.3 Å². The molecule has 0 aliphatic carbocycles. The Bertz CT molecular complexity index is 953. The molecule has 4 heteroatoms. The second-order valence-corrected chi connectivity index (χ2v) is 6.54. The van der Waals surface area contributed by atoms with Crippen molar-refractivity contribution >= 4 is 21.6 Å². The average molecular weight is 367 g/mol. The first-order chi connectivity index (χ1) is 11.2. The van der Waals surface area contributed by atoms with Crippen molar-refractivity contribution in [3.05, 3.63) is 82.3 Å². The number of aromatic nitrogens is 2. The van der Waals surface area contributed by atoms with Gasteiger partial charge >= 0.3 is 0 Å². The van der Waals surface area contributed by atoms with Crippen molar-refractivity contribution in [3.63, 3.8) is 0 Å². The lowest BCUT2D eigenvalue weighted by Crippen LogP contribution is -1.96. The van der Waals surface area contributed by atoms with E-state index in [0.29, 0.717) is 0 Å². The van der Waals surface area contributed by atoms with Gasteiger partial charge in [0.05, 0.1) is 12.0 Å². The molecule has 4 aromatic rings. The topological polar surface area (TPSA) is 30.4 Å². The van der Waals surface area contributed by atoms with Gasteiger partial charge in [-0.2, -0.15) is 0 Å². The molecule has 0 radical (unpaired) electrons. The molecule has 23 heavy (non-hydrogen) atoms. The van der Waals surface area contributed by atoms with Crippen LogP contribution in [-0.2, 0) is 6.42 Å². The molecule has 4 rings (SSSR count). The Hall–Kier alpha value is -2.33. The molecule has 0 fully saturated rings. The molecule has 0 aliphatic heterocycles. The number of aryl methyl sites for hydroxylation is 1. The maximum atomic E-state index is 5.59. The lowest BCUT2D eigenvalue weighted by Gasteiger charge is -2.05. The Kier molecular flexibility index (Phi) is 3.54. The Morgan fingerprint density at radius 2 is 1.91 bits per heavy atom. The third-order valence-electron chi connectivity index (χ3n) is 3.93. The number of furan rings is 1. The van der Waals surface area contributed by atoms with Crippen molar-refractivity contribution in [2.75, 3.05) is 0 Å². The first kappa shape index (κ1) is 14.3. The van der Waals surface area contributed by atoms with Crippen LogP contribution in [0.2, 0.25) is 0 Å². The lowest BCUT2D eigenvalue weighted by molar-refractivity contribution is 0.579. The minimum atomic E-state index is 0.798. The molecule has 114 valence electrons. The number of pyridine rings is 1. The maximum Gasteiger partial charge on any atom is 0.154 e. The van der Waals surface area contributed by atoms with Crippen LogP contribution in [0.1, 0.15) is 16.8 Å². The fourth-order valence-corrected chi connectivity index (χ4v) is 3.08. The summed E-state index contributed by atoms with van der Waals surface area (Å²) >= 11 is 3.55. The lowest BCUT2D eigenvalue weighted by atomic mass is 10.1. The monoisotopic (exact) mass is 366 g/mol. The number of nitrogens with zero attached hydrogens (tertiary/aromatic N) is 2. The van der Waals surface area contributed by atoms with Gasteiger partial charge in [0, 0.05) is 17.1 Å². The van der Waals surface area contributed by atoms with Crippen molar-refractivity contribution in [2.24, 2.45) is 0 Å². The van der Waals surface area contributed by atoms with E-state index in [0.717, 1.165) is 33.7 Å². The normalized spacial score (nSPS) is 11.2. The van der Waals surface area contributed by atoms with Gasteiger partial charge in [0.15, 0.2) is 5.76 Å². The zero-order valence-corrected chi connectivity index (χ0v) is 14.2. The summed E-state index contributed by atoms with van der Waals surface area (Å²) in [6, 6.07) is 16.5. The molecule has 3 nitrogen and oxygen atoms in total. The Labute approximate surface area is 142 Å². The second kappa shape index (κ2) is 5.70. The molecule has 0 spiro atoms. The molecule has 3 aromatic heterocycles. The SMILES string of the molecule is Cc1ccc(Cc2c(-c3ccco3)nc3ccc(Br)cn23)cc1. The highest BCUT2D eigenvalue weighted by atomic mass is 79.9. The smallest absolute Gasteiger partial charge is 0.154 e. The predicted octanol–water partition coefficient (Wildman–Crippen LogP) is 5.26. The predicted molar refractivity (Wildman–Crippen MR) is 94.6 cm³/mol. The molecule has 0 bridgehead atoms. The van der Waals surface area contributed by atoms with E-state index in [2.05, 4.69) is 57.7 Å². The molecule has 0 aliphatic rings. The first-order valence-electron chi connectivity index (χ1n) is 7.46. The van der Waals surface area contributed by atoms with Crippen LogP contribution in [0.5, 0.6) is 0 Å². The van der Waals surface area contributed by atoms with Gasteiger partial charge < -0.3 is 8.82 Å². The number of rotatable bonds is 3. The molecule has 1 aromatic carbocycles. The van der Waals surface area contributed by atoms with Gasteiger partial charge in [0.1, 0.15) is 11.3 Å². The molecule has 0 amide bonds. The fraction of sp³-hybridized carbons (Fsp3) is 0.105. The van der Waals surface area contributed by atoms with Crippen LogP contribution in [0.3, 0.4) is 0 Å². The highest BCUT2D eigenvalue weighted by Gasteiger charge is 2.16. The minimum Gasteiger partial charge on any atom is -0.463 e. The zero-order valence-electron chi connectivity index (χ0n) is 12.7. The summed E-state index contributed by atoms with van der Waals surface area (Å²) in [6.07, 6.45) is 4.54. The summed E-state index contributed by atoms with van der Waals surface area (Å²) in [5.74, 6) is 0.798. The van der Waals surface area contributed by atoms with E-state index in [1.54, 1.807) is 6.26 Å². The van der Waals surface area contributed by atoms with Gasteiger partial charge in [-0.25, -0.2) is 4.98 Å². The van der Waals surface area contributed by atoms with Gasteiger partial charge in [-0.3, -0.25) is 0 Å². The van der Waals surface area contributed by atoms with E-state index >= 15 is 0 Å². The number of benzene rings is 1. The van der Waals surface area contributed by atoms with Gasteiger partial charge in [0.25, 0.3) is 0 Å². The molecule has 3 heterocycles. The third-order valence-corrected chi connectivity index (χ3v) is 4.40. The summed E-state index contributed by atoms with van der Waals surface area (Å²) in [5, 5.41) is 0. The number of hydrogen-bond acceptors (Lipinski definition) is 2. The summed E-state index contributed by atoms with van der Waals surface area (Å²) in [7, 11) is 0. The summed E-state index contributed by atoms with van der Waals surface area (Å²) in [5.41, 5.74) is 5.46. The molecule has 0 unspecified atom stereocenters. The van der Waals surface area contributed by atoms with E-state index in [9.17, 15) is 0 Å². The molecule has 0 N–H and O–H groups in total.